The second-order valence-corrected chi connectivity index (χ2v) is 14.8. The molecule has 0 spiro atoms. The first-order valence-electron chi connectivity index (χ1n) is 13.8. The minimum absolute atomic E-state index is 0.0120. The Kier molecular flexibility index (Phi) is 5.19. The van der Waals surface area contributed by atoms with Gasteiger partial charge in [-0.1, -0.05) is 53.7 Å². The summed E-state index contributed by atoms with van der Waals surface area (Å²) in [4.78, 5) is 5.05. The van der Waals surface area contributed by atoms with E-state index in [1.807, 2.05) is 0 Å². The largest absolute Gasteiger partial charge is 0.252 e. The highest BCUT2D eigenvalue weighted by Crippen LogP contribution is 2.77. The van der Waals surface area contributed by atoms with Crippen LogP contribution in [-0.4, -0.2) is 11.4 Å². The first-order valence-corrected chi connectivity index (χ1v) is 13.8. The van der Waals surface area contributed by atoms with Crippen molar-refractivity contribution in [2.24, 2.45) is 56.7 Å². The van der Waals surface area contributed by atoms with Gasteiger partial charge in [-0.3, -0.25) is 5.26 Å². The van der Waals surface area contributed by atoms with E-state index in [4.69, 9.17) is 4.89 Å². The van der Waals surface area contributed by atoms with Crippen LogP contribution in [0.2, 0.25) is 0 Å². The van der Waals surface area contributed by atoms with Crippen molar-refractivity contribution < 1.29 is 10.1 Å². The van der Waals surface area contributed by atoms with E-state index in [2.05, 4.69) is 55.0 Å². The number of hydrogen-bond donors (Lipinski definition) is 1. The predicted octanol–water partition coefficient (Wildman–Crippen LogP) is 8.52. The fourth-order valence-electron chi connectivity index (χ4n) is 11.7. The van der Waals surface area contributed by atoms with Gasteiger partial charge in [0.15, 0.2) is 0 Å². The van der Waals surface area contributed by atoms with Crippen LogP contribution in [-0.2, 0) is 4.89 Å². The van der Waals surface area contributed by atoms with Crippen molar-refractivity contribution in [1.82, 2.24) is 0 Å². The third kappa shape index (κ3) is 2.72. The van der Waals surface area contributed by atoms with Gasteiger partial charge in [-0.25, -0.2) is 4.89 Å². The lowest BCUT2D eigenvalue weighted by atomic mass is 9.32. The van der Waals surface area contributed by atoms with Crippen LogP contribution in [0, 0.1) is 56.7 Å². The summed E-state index contributed by atoms with van der Waals surface area (Å²) in [7, 11) is 0. The Bertz CT molecular complexity index is 786. The van der Waals surface area contributed by atoms with Crippen LogP contribution < -0.4 is 0 Å². The molecule has 5 saturated carbocycles. The van der Waals surface area contributed by atoms with Crippen molar-refractivity contribution in [2.45, 2.75) is 119 Å². The van der Waals surface area contributed by atoms with Gasteiger partial charge in [-0.2, -0.15) is 0 Å². The summed E-state index contributed by atoms with van der Waals surface area (Å²) in [6.45, 7) is 22.3. The van der Waals surface area contributed by atoms with Gasteiger partial charge in [-0.05, 0) is 128 Å². The summed E-state index contributed by atoms with van der Waals surface area (Å²) in [5.74, 6) is 3.88. The van der Waals surface area contributed by atoms with Gasteiger partial charge in [0.25, 0.3) is 0 Å². The van der Waals surface area contributed by atoms with E-state index in [1.54, 1.807) is 0 Å². The first kappa shape index (κ1) is 23.4. The predicted molar refractivity (Wildman–Crippen MR) is 132 cm³/mol. The molecule has 0 aromatic carbocycles. The molecule has 0 radical (unpaired) electrons. The van der Waals surface area contributed by atoms with Crippen molar-refractivity contribution in [3.8, 4) is 0 Å². The SMILES string of the molecule is C=C(C)[C@@H]1CC[C@]2(C)CC[C@]3(C)[C@H](CC[C@@H]4[C@@]5(C)CC[C@H](OO)C(C)(C)[C@@H]5CC[C@]43C)[C@@H]12. The molecule has 0 aromatic rings. The highest BCUT2D eigenvalue weighted by Gasteiger charge is 2.70. The zero-order valence-corrected chi connectivity index (χ0v) is 22.1. The Balaban J connectivity index is 1.53. The number of fused-ring (bicyclic) bond motifs is 7. The summed E-state index contributed by atoms with van der Waals surface area (Å²) in [5.41, 5.74) is 3.27. The van der Waals surface area contributed by atoms with Crippen LogP contribution in [0.1, 0.15) is 113 Å². The molecule has 0 saturated heterocycles. The van der Waals surface area contributed by atoms with Gasteiger partial charge in [0.05, 0.1) is 6.10 Å². The Morgan fingerprint density at radius 1 is 0.781 bits per heavy atom. The minimum Gasteiger partial charge on any atom is -0.252 e. The molecule has 0 heterocycles. The number of rotatable bonds is 2. The molecule has 5 aliphatic carbocycles. The molecular weight excluding hydrogens is 392 g/mol. The summed E-state index contributed by atoms with van der Waals surface area (Å²) in [6, 6.07) is 0. The average Bonchev–Trinajstić information content (AvgIpc) is 3.06. The molecule has 0 amide bonds. The molecule has 0 bridgehead atoms. The summed E-state index contributed by atoms with van der Waals surface area (Å²) >= 11 is 0. The fourth-order valence-corrected chi connectivity index (χ4v) is 11.7. The normalized spacial score (nSPS) is 56.5. The Morgan fingerprint density at radius 2 is 1.50 bits per heavy atom. The van der Waals surface area contributed by atoms with Crippen molar-refractivity contribution >= 4 is 0 Å². The van der Waals surface area contributed by atoms with E-state index in [1.165, 1.54) is 63.4 Å². The number of hydrogen-bond acceptors (Lipinski definition) is 2. The maximum absolute atomic E-state index is 9.65. The van der Waals surface area contributed by atoms with Gasteiger partial charge >= 0.3 is 0 Å². The summed E-state index contributed by atoms with van der Waals surface area (Å²) in [6.07, 6.45) is 13.3. The molecule has 182 valence electrons. The van der Waals surface area contributed by atoms with E-state index >= 15 is 0 Å². The molecule has 5 aliphatic rings. The minimum atomic E-state index is -0.0120. The van der Waals surface area contributed by atoms with Crippen molar-refractivity contribution in [2.75, 3.05) is 0 Å². The van der Waals surface area contributed by atoms with Crippen molar-refractivity contribution in [3.63, 3.8) is 0 Å². The van der Waals surface area contributed by atoms with Gasteiger partial charge in [0, 0.05) is 0 Å². The van der Waals surface area contributed by atoms with Gasteiger partial charge < -0.3 is 0 Å². The van der Waals surface area contributed by atoms with Gasteiger partial charge in [0.2, 0.25) is 0 Å². The standard InChI is InChI=1S/C30H50O2/c1-19(2)20-11-14-27(5)17-18-29(7)21(25(20)27)9-10-23-28(6)15-13-24(32-31)26(3,4)22(28)12-16-30(23,29)8/h20-25,31H,1,9-18H2,2-8H3/t20-,21+,22-,23+,24-,25+,27+,28-,29+,30+/m0/s1. The second-order valence-electron chi connectivity index (χ2n) is 14.8. The van der Waals surface area contributed by atoms with Crippen LogP contribution in [0.15, 0.2) is 12.2 Å². The molecular formula is C30H50O2. The zero-order valence-electron chi connectivity index (χ0n) is 22.1. The van der Waals surface area contributed by atoms with Crippen LogP contribution >= 0.6 is 0 Å². The Labute approximate surface area is 197 Å². The second kappa shape index (κ2) is 7.09. The van der Waals surface area contributed by atoms with E-state index in [0.29, 0.717) is 27.6 Å². The zero-order chi connectivity index (χ0) is 23.3. The molecule has 32 heavy (non-hydrogen) atoms. The highest BCUT2D eigenvalue weighted by atomic mass is 17.1. The molecule has 5 rings (SSSR count). The van der Waals surface area contributed by atoms with Crippen LogP contribution in [0.5, 0.6) is 0 Å². The van der Waals surface area contributed by atoms with E-state index < -0.39 is 0 Å². The van der Waals surface area contributed by atoms with Gasteiger partial charge in [0.1, 0.15) is 0 Å². The van der Waals surface area contributed by atoms with E-state index in [9.17, 15) is 5.26 Å². The molecule has 5 fully saturated rings. The molecule has 0 unspecified atom stereocenters. The van der Waals surface area contributed by atoms with Crippen molar-refractivity contribution in [1.29, 1.82) is 0 Å². The topological polar surface area (TPSA) is 29.5 Å². The van der Waals surface area contributed by atoms with Crippen LogP contribution in [0.25, 0.3) is 0 Å². The molecule has 10 atom stereocenters. The molecule has 2 heteroatoms. The van der Waals surface area contributed by atoms with Crippen LogP contribution in [0.4, 0.5) is 0 Å². The quantitative estimate of drug-likeness (QED) is 0.264. The lowest BCUT2D eigenvalue weighted by Crippen LogP contribution is -2.66. The molecule has 1 N–H and O–H groups in total. The van der Waals surface area contributed by atoms with E-state index in [0.717, 1.165) is 30.1 Å². The number of allylic oxidation sites excluding steroid dienone is 1. The third-order valence-corrected chi connectivity index (χ3v) is 13.5. The Hall–Kier alpha value is -0.340. The van der Waals surface area contributed by atoms with Crippen LogP contribution in [0.3, 0.4) is 0 Å². The Morgan fingerprint density at radius 3 is 2.16 bits per heavy atom. The third-order valence-electron chi connectivity index (χ3n) is 13.5. The van der Waals surface area contributed by atoms with E-state index in [-0.39, 0.29) is 11.5 Å². The summed E-state index contributed by atoms with van der Waals surface area (Å²) in [5, 5.41) is 9.65. The highest BCUT2D eigenvalue weighted by molar-refractivity contribution is 5.21. The average molecular weight is 443 g/mol. The fraction of sp³-hybridized carbons (Fsp3) is 0.933. The lowest BCUT2D eigenvalue weighted by molar-refractivity contribution is -0.333. The maximum atomic E-state index is 9.65. The molecule has 0 aliphatic heterocycles. The monoisotopic (exact) mass is 442 g/mol. The van der Waals surface area contributed by atoms with Crippen molar-refractivity contribution in [3.05, 3.63) is 12.2 Å². The summed E-state index contributed by atoms with van der Waals surface area (Å²) < 4.78 is 0. The first-order chi connectivity index (χ1) is 14.8. The lowest BCUT2D eigenvalue weighted by Gasteiger charge is -2.73. The molecule has 0 aromatic heterocycles. The maximum Gasteiger partial charge on any atom is 0.0981 e. The smallest absolute Gasteiger partial charge is 0.0981 e. The van der Waals surface area contributed by atoms with Gasteiger partial charge in [-0.15, -0.1) is 0 Å². The molecule has 2 nitrogen and oxygen atoms in total.